The first-order valence-electron chi connectivity index (χ1n) is 8.51. The molecule has 0 radical (unpaired) electrons. The Morgan fingerprint density at radius 1 is 1.05 bits per heavy atom. The van der Waals surface area contributed by atoms with Crippen LogP contribution in [0.3, 0.4) is 0 Å². The minimum Gasteiger partial charge on any atom is -0.394 e. The Morgan fingerprint density at radius 2 is 1.67 bits per heavy atom. The zero-order valence-electron chi connectivity index (χ0n) is 14.6. The number of hydrogen-bond donors (Lipinski definition) is 0. The molecule has 5 heteroatoms. The first kappa shape index (κ1) is 19.1. The summed E-state index contributed by atoms with van der Waals surface area (Å²) in [7, 11) is -2.22. The first-order chi connectivity index (χ1) is 10.1. The molecule has 1 aliphatic heterocycles. The molecule has 21 heavy (non-hydrogen) atoms. The fraction of sp³-hybridized carbons (Fsp3) is 1.00. The van der Waals surface area contributed by atoms with Crippen LogP contribution in [-0.4, -0.2) is 48.2 Å². The zero-order valence-corrected chi connectivity index (χ0v) is 15.6. The highest BCUT2D eigenvalue weighted by molar-refractivity contribution is 6.69. The fourth-order valence-corrected chi connectivity index (χ4v) is 7.50. The van der Waals surface area contributed by atoms with Crippen LogP contribution in [0.5, 0.6) is 0 Å². The van der Waals surface area contributed by atoms with Crippen LogP contribution < -0.4 is 0 Å². The van der Waals surface area contributed by atoms with Gasteiger partial charge in [-0.25, -0.2) is 0 Å². The average molecular weight is 319 g/mol. The van der Waals surface area contributed by atoms with Gasteiger partial charge >= 0.3 is 8.56 Å². The highest BCUT2D eigenvalue weighted by atomic mass is 28.4. The molecule has 0 aromatic carbocycles. The average Bonchev–Trinajstić information content (AvgIpc) is 2.45. The summed E-state index contributed by atoms with van der Waals surface area (Å²) in [5.41, 5.74) is 0.614. The van der Waals surface area contributed by atoms with Crippen LogP contribution in [0.25, 0.3) is 0 Å². The summed E-state index contributed by atoms with van der Waals surface area (Å²) in [5, 5.41) is 0. The Labute approximate surface area is 131 Å². The smallest absolute Gasteiger partial charge is 0.341 e. The molecule has 126 valence electrons. The summed E-state index contributed by atoms with van der Waals surface area (Å²) in [5.74, 6) is 0. The topological polar surface area (TPSA) is 36.9 Å². The lowest BCUT2D eigenvalue weighted by molar-refractivity contribution is -0.115. The molecule has 0 spiro atoms. The predicted molar refractivity (Wildman–Crippen MR) is 87.9 cm³/mol. The van der Waals surface area contributed by atoms with Gasteiger partial charge in [0, 0.05) is 37.4 Å². The van der Waals surface area contributed by atoms with Crippen molar-refractivity contribution in [3.8, 4) is 0 Å². The number of ether oxygens (including phenoxy) is 2. The van der Waals surface area contributed by atoms with Gasteiger partial charge in [-0.2, -0.15) is 0 Å². The van der Waals surface area contributed by atoms with E-state index in [2.05, 4.69) is 34.6 Å². The highest BCUT2D eigenvalue weighted by Gasteiger charge is 2.55. The number of rotatable bonds is 12. The lowest BCUT2D eigenvalue weighted by Crippen LogP contribution is -2.57. The molecule has 4 nitrogen and oxygen atoms in total. The molecule has 1 fully saturated rings. The molecular weight excluding hydrogens is 284 g/mol. The Bertz CT molecular complexity index is 275. The maximum atomic E-state index is 6.27. The third-order valence-electron chi connectivity index (χ3n) is 4.41. The summed E-state index contributed by atoms with van der Waals surface area (Å²) in [6.45, 7) is 15.5. The van der Waals surface area contributed by atoms with Crippen molar-refractivity contribution in [1.29, 1.82) is 0 Å². The van der Waals surface area contributed by atoms with Gasteiger partial charge in [0.25, 0.3) is 0 Å². The van der Waals surface area contributed by atoms with Crippen LogP contribution in [0.4, 0.5) is 0 Å². The third kappa shape index (κ3) is 4.76. The quantitative estimate of drug-likeness (QED) is 0.406. The summed E-state index contributed by atoms with van der Waals surface area (Å²) in [6.07, 6.45) is 2.08. The van der Waals surface area contributed by atoms with Gasteiger partial charge < -0.3 is 18.3 Å². The van der Waals surface area contributed by atoms with Gasteiger partial charge in [0.15, 0.2) is 0 Å². The molecule has 0 aromatic heterocycles. The Kier molecular flexibility index (Phi) is 8.42. The van der Waals surface area contributed by atoms with Gasteiger partial charge in [-0.15, -0.1) is 0 Å². The second-order valence-corrected chi connectivity index (χ2v) is 9.74. The van der Waals surface area contributed by atoms with Crippen LogP contribution in [0.15, 0.2) is 0 Å². The number of hydrogen-bond acceptors (Lipinski definition) is 4. The van der Waals surface area contributed by atoms with E-state index >= 15 is 0 Å². The van der Waals surface area contributed by atoms with Crippen molar-refractivity contribution in [2.45, 2.75) is 59.0 Å². The van der Waals surface area contributed by atoms with Crippen molar-refractivity contribution >= 4 is 8.56 Å². The molecule has 1 unspecified atom stereocenters. The maximum absolute atomic E-state index is 6.27. The summed E-state index contributed by atoms with van der Waals surface area (Å²) in [4.78, 5) is 0. The van der Waals surface area contributed by atoms with E-state index in [-0.39, 0.29) is 5.41 Å². The predicted octanol–water partition coefficient (Wildman–Crippen LogP) is 3.74. The molecule has 1 rings (SSSR count). The van der Waals surface area contributed by atoms with Crippen molar-refractivity contribution in [3.63, 3.8) is 0 Å². The summed E-state index contributed by atoms with van der Waals surface area (Å²) >= 11 is 0. The Hall–Kier alpha value is 0.0569. The molecule has 1 atom stereocenters. The first-order valence-corrected chi connectivity index (χ1v) is 10.6. The van der Waals surface area contributed by atoms with E-state index in [9.17, 15) is 0 Å². The van der Waals surface area contributed by atoms with Gasteiger partial charge in [-0.05, 0) is 32.7 Å². The lowest BCUT2D eigenvalue weighted by atomic mass is 9.83. The summed E-state index contributed by atoms with van der Waals surface area (Å²) in [6, 6.07) is 0.989. The van der Waals surface area contributed by atoms with Gasteiger partial charge in [0.2, 0.25) is 0 Å². The minimum absolute atomic E-state index is 0.183. The Balaban J connectivity index is 2.84. The van der Waals surface area contributed by atoms with E-state index in [1.54, 1.807) is 0 Å². The van der Waals surface area contributed by atoms with Gasteiger partial charge in [0.1, 0.15) is 0 Å². The van der Waals surface area contributed by atoms with E-state index in [4.69, 9.17) is 18.3 Å². The second kappa shape index (κ2) is 9.25. The van der Waals surface area contributed by atoms with E-state index < -0.39 is 8.56 Å². The monoisotopic (exact) mass is 318 g/mol. The standard InChI is InChI=1S/C16H34O4Si/c1-6-11-17-12-10-15(16(5)13-18-14-16)21(9-4,19-7-2)20-8-3/h15H,6-14H2,1-5H3. The molecule has 1 saturated heterocycles. The van der Waals surface area contributed by atoms with Crippen LogP contribution in [0.1, 0.15) is 47.5 Å². The molecule has 0 aliphatic carbocycles. The normalized spacial score (nSPS) is 19.3. The van der Waals surface area contributed by atoms with Gasteiger partial charge in [-0.1, -0.05) is 20.8 Å². The zero-order chi connectivity index (χ0) is 15.8. The van der Waals surface area contributed by atoms with Gasteiger partial charge in [-0.3, -0.25) is 0 Å². The van der Waals surface area contributed by atoms with E-state index in [1.807, 2.05) is 0 Å². The Morgan fingerprint density at radius 3 is 2.05 bits per heavy atom. The maximum Gasteiger partial charge on any atom is 0.341 e. The van der Waals surface area contributed by atoms with Crippen molar-refractivity contribution in [2.75, 3.05) is 39.6 Å². The van der Waals surface area contributed by atoms with Crippen LogP contribution >= 0.6 is 0 Å². The van der Waals surface area contributed by atoms with Crippen LogP contribution in [0, 0.1) is 5.41 Å². The van der Waals surface area contributed by atoms with E-state index in [0.29, 0.717) is 5.54 Å². The lowest BCUT2D eigenvalue weighted by Gasteiger charge is -2.50. The van der Waals surface area contributed by atoms with Crippen molar-refractivity contribution in [2.24, 2.45) is 5.41 Å². The second-order valence-electron chi connectivity index (χ2n) is 6.13. The van der Waals surface area contributed by atoms with E-state index in [1.165, 1.54) is 0 Å². The SMILES string of the molecule is CCCOCCC(C1(C)COC1)[Si](CC)(OCC)OCC. The molecule has 0 saturated carbocycles. The molecule has 0 aromatic rings. The molecular formula is C16H34O4Si. The third-order valence-corrected chi connectivity index (χ3v) is 8.99. The van der Waals surface area contributed by atoms with E-state index in [0.717, 1.165) is 58.5 Å². The van der Waals surface area contributed by atoms with Crippen molar-refractivity contribution in [1.82, 2.24) is 0 Å². The fourth-order valence-electron chi connectivity index (χ4n) is 3.35. The molecule has 0 N–H and O–H groups in total. The largest absolute Gasteiger partial charge is 0.394 e. The van der Waals surface area contributed by atoms with Gasteiger partial charge in [0.05, 0.1) is 13.2 Å². The summed E-state index contributed by atoms with van der Waals surface area (Å²) < 4.78 is 23.8. The minimum atomic E-state index is -2.22. The molecule has 0 bridgehead atoms. The molecule has 0 amide bonds. The molecule has 1 aliphatic rings. The highest BCUT2D eigenvalue weighted by Crippen LogP contribution is 2.49. The van der Waals surface area contributed by atoms with Crippen LogP contribution in [-0.2, 0) is 18.3 Å². The van der Waals surface area contributed by atoms with Crippen molar-refractivity contribution < 1.29 is 18.3 Å². The van der Waals surface area contributed by atoms with Crippen LogP contribution in [0.2, 0.25) is 11.6 Å². The molecule has 1 heterocycles. The van der Waals surface area contributed by atoms with Crippen molar-refractivity contribution in [3.05, 3.63) is 0 Å².